The minimum absolute atomic E-state index is 0.0588. The average molecular weight is 443 g/mol. The van der Waals surface area contributed by atoms with E-state index in [4.69, 9.17) is 27.9 Å². The van der Waals surface area contributed by atoms with Crippen molar-refractivity contribution in [2.45, 2.75) is 6.54 Å². The van der Waals surface area contributed by atoms with Gasteiger partial charge in [-0.3, -0.25) is 9.10 Å². The summed E-state index contributed by atoms with van der Waals surface area (Å²) in [7, 11) is -3.57. The monoisotopic (exact) mass is 442 g/mol. The number of amides is 1. The molecule has 150 valence electrons. The maximum atomic E-state index is 12.5. The number of halogens is 2. The minimum Gasteiger partial charge on any atom is -0.378 e. The van der Waals surface area contributed by atoms with Crippen molar-refractivity contribution in [1.82, 2.24) is 4.90 Å². The molecule has 0 N–H and O–H groups in total. The molecular formula is C19H20Cl2N2O4S. The molecule has 0 radical (unpaired) electrons. The van der Waals surface area contributed by atoms with Gasteiger partial charge in [-0.25, -0.2) is 8.42 Å². The van der Waals surface area contributed by atoms with E-state index in [1.54, 1.807) is 47.4 Å². The zero-order valence-corrected chi connectivity index (χ0v) is 17.6. The van der Waals surface area contributed by atoms with Gasteiger partial charge in [0.2, 0.25) is 10.0 Å². The van der Waals surface area contributed by atoms with E-state index in [9.17, 15) is 13.2 Å². The standard InChI is InChI=1S/C19H20Cl2N2O4S/c1-28(25,26)23(18-11-16(20)10-17(21)12-18)13-14-2-4-15(5-3-14)19(24)22-6-8-27-9-7-22/h2-5,10-12H,6-9,13H2,1H3. The molecule has 1 aliphatic heterocycles. The fraction of sp³-hybridized carbons (Fsp3) is 0.316. The molecule has 2 aromatic rings. The Bertz CT molecular complexity index is 938. The molecule has 28 heavy (non-hydrogen) atoms. The number of hydrogen-bond donors (Lipinski definition) is 0. The predicted molar refractivity (Wildman–Crippen MR) is 111 cm³/mol. The summed E-state index contributed by atoms with van der Waals surface area (Å²) in [5.74, 6) is -0.0588. The second-order valence-electron chi connectivity index (χ2n) is 6.50. The molecule has 0 atom stereocenters. The van der Waals surface area contributed by atoms with Crippen LogP contribution in [-0.2, 0) is 21.3 Å². The van der Waals surface area contributed by atoms with Crippen LogP contribution in [0.25, 0.3) is 0 Å². The Balaban J connectivity index is 1.81. The number of nitrogens with zero attached hydrogens (tertiary/aromatic N) is 2. The van der Waals surface area contributed by atoms with Gasteiger partial charge in [-0.2, -0.15) is 0 Å². The van der Waals surface area contributed by atoms with Crippen LogP contribution in [0.4, 0.5) is 5.69 Å². The second kappa shape index (κ2) is 8.69. The van der Waals surface area contributed by atoms with E-state index in [0.29, 0.717) is 47.6 Å². The third kappa shape index (κ3) is 5.17. The first-order chi connectivity index (χ1) is 13.2. The number of carbonyl (C=O) groups excluding carboxylic acids is 1. The first kappa shape index (κ1) is 20.9. The van der Waals surface area contributed by atoms with Crippen LogP contribution in [0, 0.1) is 0 Å². The minimum atomic E-state index is -3.57. The molecule has 0 unspecified atom stereocenters. The van der Waals surface area contributed by atoms with Crippen LogP contribution in [-0.4, -0.2) is 51.8 Å². The van der Waals surface area contributed by atoms with E-state index >= 15 is 0 Å². The van der Waals surface area contributed by atoms with Crippen LogP contribution in [0.15, 0.2) is 42.5 Å². The highest BCUT2D eigenvalue weighted by Gasteiger charge is 2.21. The van der Waals surface area contributed by atoms with Crippen LogP contribution >= 0.6 is 23.2 Å². The van der Waals surface area contributed by atoms with E-state index in [0.717, 1.165) is 11.8 Å². The van der Waals surface area contributed by atoms with Crippen molar-refractivity contribution >= 4 is 44.8 Å². The van der Waals surface area contributed by atoms with Crippen molar-refractivity contribution in [3.8, 4) is 0 Å². The Morgan fingerprint density at radius 1 is 1.07 bits per heavy atom. The fourth-order valence-electron chi connectivity index (χ4n) is 2.95. The maximum Gasteiger partial charge on any atom is 0.254 e. The van der Waals surface area contributed by atoms with Gasteiger partial charge in [-0.1, -0.05) is 35.3 Å². The number of morpholine rings is 1. The third-order valence-corrected chi connectivity index (χ3v) is 5.94. The summed E-state index contributed by atoms with van der Waals surface area (Å²) in [6.07, 6.45) is 1.12. The van der Waals surface area contributed by atoms with Gasteiger partial charge in [-0.05, 0) is 35.9 Å². The molecule has 0 bridgehead atoms. The zero-order chi connectivity index (χ0) is 20.3. The van der Waals surface area contributed by atoms with Crippen molar-refractivity contribution < 1.29 is 17.9 Å². The molecule has 1 aliphatic rings. The largest absolute Gasteiger partial charge is 0.378 e. The Labute approximate surface area is 174 Å². The van der Waals surface area contributed by atoms with Crippen molar-refractivity contribution in [1.29, 1.82) is 0 Å². The van der Waals surface area contributed by atoms with Gasteiger partial charge >= 0.3 is 0 Å². The molecule has 1 fully saturated rings. The van der Waals surface area contributed by atoms with Gasteiger partial charge in [0.05, 0.1) is 31.7 Å². The van der Waals surface area contributed by atoms with E-state index in [1.165, 1.54) is 4.31 Å². The van der Waals surface area contributed by atoms with Gasteiger partial charge in [-0.15, -0.1) is 0 Å². The Hall–Kier alpha value is -1.80. The number of rotatable bonds is 5. The lowest BCUT2D eigenvalue weighted by atomic mass is 10.1. The fourth-order valence-corrected chi connectivity index (χ4v) is 4.34. The molecule has 0 saturated carbocycles. The summed E-state index contributed by atoms with van der Waals surface area (Å²) in [5.41, 5.74) is 1.68. The predicted octanol–water partition coefficient (Wildman–Crippen LogP) is 3.43. The van der Waals surface area contributed by atoms with Gasteiger partial charge < -0.3 is 9.64 Å². The maximum absolute atomic E-state index is 12.5. The quantitative estimate of drug-likeness (QED) is 0.710. The van der Waals surface area contributed by atoms with Crippen LogP contribution in [0.2, 0.25) is 10.0 Å². The Morgan fingerprint density at radius 2 is 1.64 bits per heavy atom. The van der Waals surface area contributed by atoms with Crippen LogP contribution < -0.4 is 4.31 Å². The number of hydrogen-bond acceptors (Lipinski definition) is 4. The molecular weight excluding hydrogens is 423 g/mol. The molecule has 0 spiro atoms. The Kier molecular flexibility index (Phi) is 6.50. The molecule has 0 aromatic heterocycles. The zero-order valence-electron chi connectivity index (χ0n) is 15.3. The third-order valence-electron chi connectivity index (χ3n) is 4.36. The summed E-state index contributed by atoms with van der Waals surface area (Å²) in [4.78, 5) is 14.3. The number of sulfonamides is 1. The highest BCUT2D eigenvalue weighted by Crippen LogP contribution is 2.28. The van der Waals surface area contributed by atoms with Crippen molar-refractivity contribution in [2.24, 2.45) is 0 Å². The van der Waals surface area contributed by atoms with Crippen LogP contribution in [0.3, 0.4) is 0 Å². The van der Waals surface area contributed by atoms with Crippen LogP contribution in [0.1, 0.15) is 15.9 Å². The number of carbonyl (C=O) groups is 1. The lowest BCUT2D eigenvalue weighted by Crippen LogP contribution is -2.40. The van der Waals surface area contributed by atoms with E-state index in [-0.39, 0.29) is 12.5 Å². The van der Waals surface area contributed by atoms with Crippen molar-refractivity contribution in [3.05, 3.63) is 63.6 Å². The molecule has 3 rings (SSSR count). The second-order valence-corrected chi connectivity index (χ2v) is 9.28. The van der Waals surface area contributed by atoms with Gasteiger partial charge in [0, 0.05) is 28.7 Å². The van der Waals surface area contributed by atoms with Crippen molar-refractivity contribution in [3.63, 3.8) is 0 Å². The molecule has 6 nitrogen and oxygen atoms in total. The normalized spacial score (nSPS) is 14.8. The lowest BCUT2D eigenvalue weighted by Gasteiger charge is -2.27. The lowest BCUT2D eigenvalue weighted by molar-refractivity contribution is 0.0303. The van der Waals surface area contributed by atoms with E-state index in [2.05, 4.69) is 0 Å². The molecule has 2 aromatic carbocycles. The molecule has 9 heteroatoms. The number of anilines is 1. The number of ether oxygens (including phenoxy) is 1. The topological polar surface area (TPSA) is 66.9 Å². The summed E-state index contributed by atoms with van der Waals surface area (Å²) >= 11 is 12.0. The smallest absolute Gasteiger partial charge is 0.254 e. The molecule has 1 heterocycles. The van der Waals surface area contributed by atoms with Crippen LogP contribution in [0.5, 0.6) is 0 Å². The Morgan fingerprint density at radius 3 is 2.18 bits per heavy atom. The molecule has 1 saturated heterocycles. The summed E-state index contributed by atoms with van der Waals surface area (Å²) in [6, 6.07) is 11.5. The summed E-state index contributed by atoms with van der Waals surface area (Å²) < 4.78 is 31.1. The van der Waals surface area contributed by atoms with Gasteiger partial charge in [0.25, 0.3) is 5.91 Å². The van der Waals surface area contributed by atoms with E-state index < -0.39 is 10.0 Å². The summed E-state index contributed by atoms with van der Waals surface area (Å²) in [6.45, 7) is 2.31. The first-order valence-electron chi connectivity index (χ1n) is 8.64. The van der Waals surface area contributed by atoms with Crippen molar-refractivity contribution in [2.75, 3.05) is 36.9 Å². The molecule has 0 aliphatic carbocycles. The SMILES string of the molecule is CS(=O)(=O)N(Cc1ccc(C(=O)N2CCOCC2)cc1)c1cc(Cl)cc(Cl)c1. The average Bonchev–Trinajstić information content (AvgIpc) is 2.65. The summed E-state index contributed by atoms with van der Waals surface area (Å²) in [5, 5.41) is 0.699. The van der Waals surface area contributed by atoms with E-state index in [1.807, 2.05) is 0 Å². The van der Waals surface area contributed by atoms with Gasteiger partial charge in [0.15, 0.2) is 0 Å². The first-order valence-corrected chi connectivity index (χ1v) is 11.2. The number of benzene rings is 2. The highest BCUT2D eigenvalue weighted by molar-refractivity contribution is 7.92. The highest BCUT2D eigenvalue weighted by atomic mass is 35.5. The molecule has 1 amide bonds. The van der Waals surface area contributed by atoms with Gasteiger partial charge in [0.1, 0.15) is 0 Å².